The number of fused-ring (bicyclic) bond motifs is 14. The van der Waals surface area contributed by atoms with Gasteiger partial charge in [0, 0.05) is 38.5 Å². The van der Waals surface area contributed by atoms with Gasteiger partial charge < -0.3 is 9.21 Å². The molecule has 8 aromatic carbocycles. The number of hydrogen-bond donors (Lipinski definition) is 0. The van der Waals surface area contributed by atoms with Crippen molar-refractivity contribution in [1.82, 2.24) is 4.40 Å². The van der Waals surface area contributed by atoms with Crippen molar-refractivity contribution >= 4 is 88.8 Å². The summed E-state index contributed by atoms with van der Waals surface area (Å²) in [5.74, 6) is 0. The van der Waals surface area contributed by atoms with Crippen molar-refractivity contribution in [3.05, 3.63) is 150 Å². The molecule has 2 nitrogen and oxygen atoms in total. The van der Waals surface area contributed by atoms with E-state index in [1.807, 2.05) is 0 Å². The molecule has 13 rings (SSSR count). The summed E-state index contributed by atoms with van der Waals surface area (Å²) in [6.45, 7) is 14.5. The number of aryl methyl sites for hydroxylation is 2. The molecule has 0 spiro atoms. The highest BCUT2D eigenvalue weighted by molar-refractivity contribution is 6.94. The van der Waals surface area contributed by atoms with Crippen LogP contribution in [-0.4, -0.2) is 11.2 Å². The number of benzene rings is 8. The molecule has 0 atom stereocenters. The highest BCUT2D eigenvalue weighted by atomic mass is 15.1. The van der Waals surface area contributed by atoms with Crippen LogP contribution in [0.15, 0.2) is 127 Å². The quantitative estimate of drug-likeness (QED) is 0.121. The maximum atomic E-state index is 2.83. The molecule has 0 unspecified atom stereocenters. The van der Waals surface area contributed by atoms with Crippen LogP contribution in [0.25, 0.3) is 81.9 Å². The third-order valence-corrected chi connectivity index (χ3v) is 14.7. The van der Waals surface area contributed by atoms with Gasteiger partial charge >= 0.3 is 6.85 Å². The molecule has 0 radical (unpaired) electrons. The summed E-state index contributed by atoms with van der Waals surface area (Å²) in [5, 5.41) is 10.7. The fraction of sp³-hybridized carbons (Fsp3) is 0.185. The molecule has 0 fully saturated rings. The van der Waals surface area contributed by atoms with E-state index in [2.05, 4.69) is 178 Å². The molecule has 0 bridgehead atoms. The van der Waals surface area contributed by atoms with Crippen LogP contribution in [0, 0.1) is 13.8 Å². The Bertz CT molecular complexity index is 3450. The first-order valence-electron chi connectivity index (χ1n) is 20.9. The van der Waals surface area contributed by atoms with Crippen LogP contribution >= 0.6 is 0 Å². The summed E-state index contributed by atoms with van der Waals surface area (Å²) in [5.41, 5.74) is 20.7. The highest BCUT2D eigenvalue weighted by Crippen LogP contribution is 2.55. The van der Waals surface area contributed by atoms with Gasteiger partial charge in [-0.05, 0) is 139 Å². The molecule has 0 amide bonds. The lowest BCUT2D eigenvalue weighted by atomic mass is 9.41. The number of hydrogen-bond acceptors (Lipinski definition) is 1. The second-order valence-corrected chi connectivity index (χ2v) is 18.8. The molecule has 0 saturated carbocycles. The Kier molecular flexibility index (Phi) is 5.89. The van der Waals surface area contributed by atoms with E-state index >= 15 is 0 Å². The largest absolute Gasteiger partial charge is 0.376 e. The summed E-state index contributed by atoms with van der Waals surface area (Å²) in [7, 11) is 0. The molecule has 0 N–H and O–H groups in total. The van der Waals surface area contributed by atoms with E-state index in [-0.39, 0.29) is 17.7 Å². The Morgan fingerprint density at radius 1 is 0.526 bits per heavy atom. The third kappa shape index (κ3) is 3.88. The van der Waals surface area contributed by atoms with Crippen LogP contribution in [0.4, 0.5) is 11.4 Å². The van der Waals surface area contributed by atoms with Crippen molar-refractivity contribution in [3.63, 3.8) is 0 Å². The van der Waals surface area contributed by atoms with E-state index in [9.17, 15) is 0 Å². The Morgan fingerprint density at radius 3 is 1.93 bits per heavy atom. The van der Waals surface area contributed by atoms with Crippen molar-refractivity contribution in [2.45, 2.75) is 65.2 Å². The summed E-state index contributed by atoms with van der Waals surface area (Å²) in [6, 6.07) is 49.5. The molecule has 2 aromatic heterocycles. The van der Waals surface area contributed by atoms with Gasteiger partial charge in [-0.15, -0.1) is 0 Å². The molecule has 10 aromatic rings. The van der Waals surface area contributed by atoms with Crippen LogP contribution in [-0.2, 0) is 10.8 Å². The second-order valence-electron chi connectivity index (χ2n) is 18.8. The third-order valence-electron chi connectivity index (χ3n) is 14.7. The molecule has 272 valence electrons. The van der Waals surface area contributed by atoms with E-state index in [4.69, 9.17) is 0 Å². The summed E-state index contributed by atoms with van der Waals surface area (Å²) >= 11 is 0. The van der Waals surface area contributed by atoms with Gasteiger partial charge in [0.2, 0.25) is 0 Å². The van der Waals surface area contributed by atoms with Crippen LogP contribution in [0.2, 0.25) is 0 Å². The molecular weight excluding hydrogens is 687 g/mol. The SMILES string of the molecule is Cc1cc2c3c(c1)-c1cc4ccccc4c4cccc(c14)B3N(c1cc3c(cc1C)C(C)(C)CCC3(C)C)c1c-2cc2c3ccccc3n3c4ccccc4c1c23. The van der Waals surface area contributed by atoms with Gasteiger partial charge in [0.1, 0.15) is 0 Å². The maximum absolute atomic E-state index is 2.83. The highest BCUT2D eigenvalue weighted by Gasteiger charge is 2.46. The van der Waals surface area contributed by atoms with Crippen molar-refractivity contribution in [3.8, 4) is 22.3 Å². The molecule has 3 heteroatoms. The first kappa shape index (κ1) is 32.1. The van der Waals surface area contributed by atoms with Gasteiger partial charge in [0.05, 0.1) is 16.6 Å². The second kappa shape index (κ2) is 10.5. The topological polar surface area (TPSA) is 7.65 Å². The molecule has 2 aliphatic heterocycles. The maximum Gasteiger partial charge on any atom is 0.330 e. The summed E-state index contributed by atoms with van der Waals surface area (Å²) in [6.07, 6.45) is 2.38. The zero-order chi connectivity index (χ0) is 38.3. The average molecular weight is 731 g/mol. The van der Waals surface area contributed by atoms with E-state index in [0.717, 1.165) is 0 Å². The van der Waals surface area contributed by atoms with Crippen molar-refractivity contribution < 1.29 is 0 Å². The Hall–Kier alpha value is -6.06. The molecule has 57 heavy (non-hydrogen) atoms. The average Bonchev–Trinajstić information content (AvgIpc) is 3.73. The summed E-state index contributed by atoms with van der Waals surface area (Å²) in [4.78, 5) is 2.83. The van der Waals surface area contributed by atoms with E-state index < -0.39 is 0 Å². The standard InChI is InChI=1S/C54H43BN2/c1-30-24-38-37-27-32-14-7-8-15-33(32)35-18-13-19-44(48(35)37)55-50(38)39(25-30)41-28-40-34-16-9-11-20-45(34)56-46-21-12-10-17-36(46)49(51(40)56)52(41)57(55)47-29-43-42(26-31(47)2)53(3,4)22-23-54(43,5)6/h7-21,24-29H,22-23H2,1-6H3. The first-order valence-corrected chi connectivity index (χ1v) is 20.9. The van der Waals surface area contributed by atoms with E-state index in [1.54, 1.807) is 0 Å². The van der Waals surface area contributed by atoms with Gasteiger partial charge in [-0.1, -0.05) is 125 Å². The Labute approximate surface area is 333 Å². The lowest BCUT2D eigenvalue weighted by Crippen LogP contribution is -2.60. The molecule has 4 heterocycles. The van der Waals surface area contributed by atoms with Gasteiger partial charge in [-0.25, -0.2) is 0 Å². The smallest absolute Gasteiger partial charge is 0.330 e. The number of nitrogens with zero attached hydrogens (tertiary/aromatic N) is 2. The minimum Gasteiger partial charge on any atom is -0.376 e. The number of aromatic nitrogens is 1. The predicted molar refractivity (Wildman–Crippen MR) is 245 cm³/mol. The van der Waals surface area contributed by atoms with Gasteiger partial charge in [0.15, 0.2) is 0 Å². The zero-order valence-electron chi connectivity index (χ0n) is 33.5. The number of rotatable bonds is 1. The molecule has 1 aliphatic carbocycles. The fourth-order valence-corrected chi connectivity index (χ4v) is 11.9. The Balaban J connectivity index is 1.27. The first-order chi connectivity index (χ1) is 27.6. The molecule has 3 aliphatic rings. The minimum absolute atomic E-state index is 0.0174. The van der Waals surface area contributed by atoms with E-state index in [1.165, 1.54) is 139 Å². The fourth-order valence-electron chi connectivity index (χ4n) is 11.9. The minimum atomic E-state index is -0.0174. The van der Waals surface area contributed by atoms with Gasteiger partial charge in [-0.3, -0.25) is 0 Å². The van der Waals surface area contributed by atoms with Crippen molar-refractivity contribution in [2.24, 2.45) is 0 Å². The lowest BCUT2D eigenvalue weighted by Gasteiger charge is -2.46. The summed E-state index contributed by atoms with van der Waals surface area (Å²) < 4.78 is 2.55. The van der Waals surface area contributed by atoms with Crippen LogP contribution in [0.5, 0.6) is 0 Å². The van der Waals surface area contributed by atoms with Crippen molar-refractivity contribution in [2.75, 3.05) is 4.81 Å². The molecule has 0 saturated heterocycles. The normalized spacial score (nSPS) is 16.3. The van der Waals surface area contributed by atoms with Crippen LogP contribution in [0.3, 0.4) is 0 Å². The van der Waals surface area contributed by atoms with Crippen LogP contribution in [0.1, 0.15) is 62.8 Å². The predicted octanol–water partition coefficient (Wildman–Crippen LogP) is 13.0. The van der Waals surface area contributed by atoms with Gasteiger partial charge in [-0.2, -0.15) is 0 Å². The number of anilines is 2. The van der Waals surface area contributed by atoms with Gasteiger partial charge in [0.25, 0.3) is 0 Å². The van der Waals surface area contributed by atoms with E-state index in [0.29, 0.717) is 0 Å². The van der Waals surface area contributed by atoms with Crippen LogP contribution < -0.4 is 15.7 Å². The lowest BCUT2D eigenvalue weighted by molar-refractivity contribution is 0.332. The number of para-hydroxylation sites is 2. The monoisotopic (exact) mass is 730 g/mol. The van der Waals surface area contributed by atoms with Crippen molar-refractivity contribution in [1.29, 1.82) is 0 Å². The Morgan fingerprint density at radius 2 is 1.16 bits per heavy atom. The molecular formula is C54H43BN2. The zero-order valence-corrected chi connectivity index (χ0v) is 33.5.